The topological polar surface area (TPSA) is 61.6 Å². The van der Waals surface area contributed by atoms with E-state index < -0.39 is 17.2 Å². The smallest absolute Gasteiger partial charge is 0.340 e. The van der Waals surface area contributed by atoms with E-state index in [4.69, 9.17) is 16.9 Å². The molecule has 0 atom stereocenters. The summed E-state index contributed by atoms with van der Waals surface area (Å²) in [5.41, 5.74) is -0.215. The Labute approximate surface area is 116 Å². The maximum atomic E-state index is 12.6. The van der Waals surface area contributed by atoms with Gasteiger partial charge in [-0.15, -0.1) is 0 Å². The monoisotopic (exact) mass is 298 g/mol. The van der Waals surface area contributed by atoms with Crippen LogP contribution in [-0.2, 0) is 6.18 Å². The van der Waals surface area contributed by atoms with Crippen molar-refractivity contribution in [3.05, 3.63) is 46.9 Å². The molecule has 102 valence electrons. The number of anilines is 2. The Bertz CT molecular complexity index is 662. The van der Waals surface area contributed by atoms with Gasteiger partial charge in [0.05, 0.1) is 11.6 Å². The molecule has 0 saturated heterocycles. The SMILES string of the molecule is N#Cc1ccc(Nc2cc(C(F)(F)F)nc(Cl)n2)cc1. The minimum Gasteiger partial charge on any atom is -0.340 e. The number of hydrogen-bond donors (Lipinski definition) is 1. The molecule has 1 heterocycles. The van der Waals surface area contributed by atoms with Gasteiger partial charge in [-0.1, -0.05) is 0 Å². The molecule has 4 nitrogen and oxygen atoms in total. The second kappa shape index (κ2) is 5.35. The van der Waals surface area contributed by atoms with Gasteiger partial charge in [-0.3, -0.25) is 0 Å². The van der Waals surface area contributed by atoms with Crippen LogP contribution in [0, 0.1) is 11.3 Å². The average molecular weight is 299 g/mol. The average Bonchev–Trinajstić information content (AvgIpc) is 2.38. The number of benzene rings is 1. The lowest BCUT2D eigenvalue weighted by Crippen LogP contribution is -2.10. The zero-order valence-corrected chi connectivity index (χ0v) is 10.5. The molecule has 0 amide bonds. The Balaban J connectivity index is 2.29. The first-order valence-electron chi connectivity index (χ1n) is 5.27. The largest absolute Gasteiger partial charge is 0.433 e. The van der Waals surface area contributed by atoms with Gasteiger partial charge in [0.1, 0.15) is 5.82 Å². The van der Waals surface area contributed by atoms with Gasteiger partial charge in [-0.2, -0.15) is 18.4 Å². The van der Waals surface area contributed by atoms with E-state index in [9.17, 15) is 13.2 Å². The Hall–Kier alpha value is -2.33. The molecule has 1 aromatic carbocycles. The molecular weight excluding hydrogens is 293 g/mol. The third-order valence-electron chi connectivity index (χ3n) is 2.28. The predicted octanol–water partition coefficient (Wildman–Crippen LogP) is 3.76. The standard InChI is InChI=1S/C12H6ClF3N4/c13-11-19-9(12(14,15)16)5-10(20-11)18-8-3-1-7(6-17)2-4-8/h1-5H,(H,18,19,20). The Kier molecular flexibility index (Phi) is 3.77. The molecule has 0 unspecified atom stereocenters. The van der Waals surface area contributed by atoms with Crippen LogP contribution in [0.3, 0.4) is 0 Å². The summed E-state index contributed by atoms with van der Waals surface area (Å²) in [4.78, 5) is 6.78. The summed E-state index contributed by atoms with van der Waals surface area (Å²) < 4.78 is 37.7. The van der Waals surface area contributed by atoms with E-state index in [1.54, 1.807) is 12.1 Å². The van der Waals surface area contributed by atoms with E-state index in [0.29, 0.717) is 11.3 Å². The third kappa shape index (κ3) is 3.36. The highest BCUT2D eigenvalue weighted by molar-refractivity contribution is 6.28. The first-order chi connectivity index (χ1) is 9.38. The molecule has 0 radical (unpaired) electrons. The van der Waals surface area contributed by atoms with Crippen LogP contribution in [0.5, 0.6) is 0 Å². The van der Waals surface area contributed by atoms with E-state index in [2.05, 4.69) is 15.3 Å². The Morgan fingerprint density at radius 3 is 2.35 bits per heavy atom. The van der Waals surface area contributed by atoms with E-state index >= 15 is 0 Å². The van der Waals surface area contributed by atoms with Gasteiger partial charge in [0, 0.05) is 11.8 Å². The van der Waals surface area contributed by atoms with Crippen LogP contribution in [0.4, 0.5) is 24.7 Å². The molecule has 0 aliphatic heterocycles. The summed E-state index contributed by atoms with van der Waals surface area (Å²) in [7, 11) is 0. The highest BCUT2D eigenvalue weighted by Crippen LogP contribution is 2.30. The van der Waals surface area contributed by atoms with Crippen molar-refractivity contribution in [1.82, 2.24) is 9.97 Å². The van der Waals surface area contributed by atoms with Crippen molar-refractivity contribution in [2.75, 3.05) is 5.32 Å². The van der Waals surface area contributed by atoms with Crippen LogP contribution in [-0.4, -0.2) is 9.97 Å². The number of alkyl halides is 3. The van der Waals surface area contributed by atoms with E-state index in [1.807, 2.05) is 6.07 Å². The third-order valence-corrected chi connectivity index (χ3v) is 2.44. The van der Waals surface area contributed by atoms with Gasteiger partial charge < -0.3 is 5.32 Å². The Morgan fingerprint density at radius 1 is 1.15 bits per heavy atom. The van der Waals surface area contributed by atoms with Crippen molar-refractivity contribution in [1.29, 1.82) is 5.26 Å². The molecule has 2 rings (SSSR count). The number of aromatic nitrogens is 2. The molecule has 0 fully saturated rings. The molecule has 1 N–H and O–H groups in total. The summed E-state index contributed by atoms with van der Waals surface area (Å²) >= 11 is 5.46. The number of rotatable bonds is 2. The van der Waals surface area contributed by atoms with Crippen LogP contribution in [0.2, 0.25) is 5.28 Å². The lowest BCUT2D eigenvalue weighted by atomic mass is 10.2. The van der Waals surface area contributed by atoms with Gasteiger partial charge in [0.25, 0.3) is 0 Å². The zero-order chi connectivity index (χ0) is 14.8. The minimum atomic E-state index is -4.60. The van der Waals surface area contributed by atoms with Crippen LogP contribution in [0.25, 0.3) is 0 Å². The minimum absolute atomic E-state index is 0.0815. The van der Waals surface area contributed by atoms with Crippen LogP contribution in [0.15, 0.2) is 30.3 Å². The summed E-state index contributed by atoms with van der Waals surface area (Å²) in [6.07, 6.45) is -4.60. The van der Waals surface area contributed by atoms with Crippen molar-refractivity contribution in [2.24, 2.45) is 0 Å². The van der Waals surface area contributed by atoms with Gasteiger partial charge in [-0.25, -0.2) is 9.97 Å². The molecule has 0 spiro atoms. The maximum absolute atomic E-state index is 12.6. The first-order valence-corrected chi connectivity index (χ1v) is 5.65. The second-order valence-corrected chi connectivity index (χ2v) is 4.06. The predicted molar refractivity (Wildman–Crippen MR) is 66.5 cm³/mol. The number of nitrogens with one attached hydrogen (secondary N) is 1. The fourth-order valence-electron chi connectivity index (χ4n) is 1.40. The summed E-state index contributed by atoms with van der Waals surface area (Å²) in [5, 5.41) is 10.8. The molecule has 20 heavy (non-hydrogen) atoms. The van der Waals surface area contributed by atoms with Crippen molar-refractivity contribution >= 4 is 23.1 Å². The number of halogens is 4. The van der Waals surface area contributed by atoms with Crippen molar-refractivity contribution in [3.63, 3.8) is 0 Å². The highest BCUT2D eigenvalue weighted by atomic mass is 35.5. The molecule has 2 aromatic rings. The van der Waals surface area contributed by atoms with Crippen molar-refractivity contribution < 1.29 is 13.2 Å². The van der Waals surface area contributed by atoms with E-state index in [1.165, 1.54) is 12.1 Å². The lowest BCUT2D eigenvalue weighted by Gasteiger charge is -2.09. The van der Waals surface area contributed by atoms with Crippen LogP contribution >= 0.6 is 11.6 Å². The fraction of sp³-hybridized carbons (Fsp3) is 0.0833. The highest BCUT2D eigenvalue weighted by Gasteiger charge is 2.33. The molecular formula is C12H6ClF3N4. The fourth-order valence-corrected chi connectivity index (χ4v) is 1.59. The molecule has 1 aromatic heterocycles. The normalized spacial score (nSPS) is 10.9. The summed E-state index contributed by atoms with van der Waals surface area (Å²) in [5.74, 6) is -0.0815. The number of nitrogens with zero attached hydrogens (tertiary/aromatic N) is 3. The van der Waals surface area contributed by atoms with Crippen molar-refractivity contribution in [3.8, 4) is 6.07 Å². The second-order valence-electron chi connectivity index (χ2n) is 3.72. The molecule has 8 heteroatoms. The van der Waals surface area contributed by atoms with Crippen LogP contribution < -0.4 is 5.32 Å². The van der Waals surface area contributed by atoms with Gasteiger partial charge in [-0.05, 0) is 35.9 Å². The molecule has 0 aliphatic carbocycles. The molecule has 0 bridgehead atoms. The van der Waals surface area contributed by atoms with E-state index in [-0.39, 0.29) is 5.82 Å². The van der Waals surface area contributed by atoms with Gasteiger partial charge in [0.2, 0.25) is 5.28 Å². The number of nitriles is 1. The molecule has 0 aliphatic rings. The number of hydrogen-bond acceptors (Lipinski definition) is 4. The maximum Gasteiger partial charge on any atom is 0.433 e. The van der Waals surface area contributed by atoms with Gasteiger partial charge in [0.15, 0.2) is 5.69 Å². The lowest BCUT2D eigenvalue weighted by molar-refractivity contribution is -0.141. The first kappa shape index (κ1) is 14.1. The molecule has 0 saturated carbocycles. The quantitative estimate of drug-likeness (QED) is 0.857. The van der Waals surface area contributed by atoms with E-state index in [0.717, 1.165) is 6.07 Å². The van der Waals surface area contributed by atoms with Gasteiger partial charge >= 0.3 is 6.18 Å². The van der Waals surface area contributed by atoms with Crippen LogP contribution in [0.1, 0.15) is 11.3 Å². The zero-order valence-electron chi connectivity index (χ0n) is 9.74. The summed E-state index contributed by atoms with van der Waals surface area (Å²) in [6.45, 7) is 0. The van der Waals surface area contributed by atoms with Crippen molar-refractivity contribution in [2.45, 2.75) is 6.18 Å². The Morgan fingerprint density at radius 2 is 1.80 bits per heavy atom. The summed E-state index contributed by atoms with van der Waals surface area (Å²) in [6, 6.07) is 8.82.